The molecule has 174 valence electrons. The van der Waals surface area contributed by atoms with Crippen LogP contribution in [0.5, 0.6) is 5.75 Å². The van der Waals surface area contributed by atoms with Gasteiger partial charge in [0, 0.05) is 28.7 Å². The lowest BCUT2D eigenvalue weighted by Crippen LogP contribution is -2.43. The van der Waals surface area contributed by atoms with E-state index in [0.29, 0.717) is 11.6 Å². The lowest BCUT2D eigenvalue weighted by atomic mass is 9.68. The molecule has 4 aromatic rings. The summed E-state index contributed by atoms with van der Waals surface area (Å²) < 4.78 is 7.46. The van der Waals surface area contributed by atoms with Crippen molar-refractivity contribution in [2.24, 2.45) is 0 Å². The van der Waals surface area contributed by atoms with Crippen molar-refractivity contribution in [3.05, 3.63) is 119 Å². The molecule has 0 unspecified atom stereocenters. The fourth-order valence-electron chi connectivity index (χ4n) is 5.18. The molecular weight excluding hydrogens is 442 g/mol. The SMILES string of the molecule is COc1cc(Cl)ccc1Cn1ccc(CN2CCC(c3ccccc3)(c3ccccc3)CC2)n1. The van der Waals surface area contributed by atoms with E-state index in [1.54, 1.807) is 7.11 Å². The van der Waals surface area contributed by atoms with E-state index in [9.17, 15) is 0 Å². The molecule has 0 saturated carbocycles. The van der Waals surface area contributed by atoms with Crippen molar-refractivity contribution in [3.63, 3.8) is 0 Å². The van der Waals surface area contributed by atoms with Gasteiger partial charge in [-0.1, -0.05) is 78.3 Å². The molecule has 1 saturated heterocycles. The zero-order chi connectivity index (χ0) is 23.4. The molecule has 0 radical (unpaired) electrons. The Morgan fingerprint density at radius 3 is 2.12 bits per heavy atom. The molecule has 34 heavy (non-hydrogen) atoms. The van der Waals surface area contributed by atoms with Crippen molar-refractivity contribution < 1.29 is 4.74 Å². The van der Waals surface area contributed by atoms with E-state index in [-0.39, 0.29) is 5.41 Å². The third kappa shape index (κ3) is 4.75. The average molecular weight is 472 g/mol. The van der Waals surface area contributed by atoms with Crippen LogP contribution < -0.4 is 4.74 Å². The predicted molar refractivity (Wildman–Crippen MR) is 138 cm³/mol. The molecule has 1 aromatic heterocycles. The van der Waals surface area contributed by atoms with Crippen LogP contribution >= 0.6 is 11.6 Å². The van der Waals surface area contributed by atoms with E-state index in [2.05, 4.69) is 71.6 Å². The molecule has 0 aliphatic carbocycles. The van der Waals surface area contributed by atoms with Gasteiger partial charge in [-0.15, -0.1) is 0 Å². The maximum Gasteiger partial charge on any atom is 0.125 e. The number of aromatic nitrogens is 2. The van der Waals surface area contributed by atoms with Gasteiger partial charge in [-0.25, -0.2) is 0 Å². The Bertz CT molecular complexity index is 1170. The molecular formula is C29H30ClN3O. The van der Waals surface area contributed by atoms with Crippen LogP contribution in [0.1, 0.15) is 35.2 Å². The number of rotatable bonds is 7. The van der Waals surface area contributed by atoms with E-state index in [1.807, 2.05) is 29.1 Å². The largest absolute Gasteiger partial charge is 0.496 e. The first-order valence-corrected chi connectivity index (χ1v) is 12.2. The maximum absolute atomic E-state index is 6.10. The number of likely N-dealkylation sites (tertiary alicyclic amines) is 1. The second-order valence-electron chi connectivity index (χ2n) is 9.05. The average Bonchev–Trinajstić information content (AvgIpc) is 3.33. The topological polar surface area (TPSA) is 30.3 Å². The summed E-state index contributed by atoms with van der Waals surface area (Å²) in [5, 5.41) is 5.51. The van der Waals surface area contributed by atoms with Crippen LogP contribution in [-0.2, 0) is 18.5 Å². The fourth-order valence-corrected chi connectivity index (χ4v) is 5.34. The van der Waals surface area contributed by atoms with Gasteiger partial charge in [0.2, 0.25) is 0 Å². The zero-order valence-corrected chi connectivity index (χ0v) is 20.3. The van der Waals surface area contributed by atoms with Gasteiger partial charge in [-0.3, -0.25) is 9.58 Å². The number of hydrogen-bond donors (Lipinski definition) is 0. The predicted octanol–water partition coefficient (Wildman–Crippen LogP) is 6.18. The van der Waals surface area contributed by atoms with E-state index < -0.39 is 0 Å². The van der Waals surface area contributed by atoms with Crippen molar-refractivity contribution in [3.8, 4) is 5.75 Å². The minimum Gasteiger partial charge on any atom is -0.496 e. The number of nitrogens with zero attached hydrogens (tertiary/aromatic N) is 3. The van der Waals surface area contributed by atoms with Gasteiger partial charge in [-0.05, 0) is 55.3 Å². The van der Waals surface area contributed by atoms with Gasteiger partial charge < -0.3 is 4.74 Å². The summed E-state index contributed by atoms with van der Waals surface area (Å²) in [6.07, 6.45) is 4.25. The van der Waals surface area contributed by atoms with Crippen LogP contribution in [0.25, 0.3) is 0 Å². The van der Waals surface area contributed by atoms with Crippen LogP contribution in [0.2, 0.25) is 5.02 Å². The smallest absolute Gasteiger partial charge is 0.125 e. The highest BCUT2D eigenvalue weighted by molar-refractivity contribution is 6.30. The molecule has 0 spiro atoms. The molecule has 5 heteroatoms. The van der Waals surface area contributed by atoms with Crippen molar-refractivity contribution in [1.29, 1.82) is 0 Å². The third-order valence-corrected chi connectivity index (χ3v) is 7.26. The minimum absolute atomic E-state index is 0.0729. The molecule has 0 atom stereocenters. The minimum atomic E-state index is 0.0729. The molecule has 1 aliphatic rings. The van der Waals surface area contributed by atoms with Gasteiger partial charge in [0.05, 0.1) is 19.3 Å². The first-order valence-electron chi connectivity index (χ1n) is 11.8. The Morgan fingerprint density at radius 2 is 1.50 bits per heavy atom. The van der Waals surface area contributed by atoms with Crippen molar-refractivity contribution >= 4 is 11.6 Å². The Hall–Kier alpha value is -3.08. The van der Waals surface area contributed by atoms with Crippen LogP contribution in [-0.4, -0.2) is 34.9 Å². The van der Waals surface area contributed by atoms with Gasteiger partial charge in [-0.2, -0.15) is 5.10 Å². The van der Waals surface area contributed by atoms with E-state index >= 15 is 0 Å². The van der Waals surface area contributed by atoms with Crippen molar-refractivity contribution in [1.82, 2.24) is 14.7 Å². The number of benzene rings is 3. The summed E-state index contributed by atoms with van der Waals surface area (Å²) in [4.78, 5) is 2.53. The van der Waals surface area contributed by atoms with Gasteiger partial charge in [0.25, 0.3) is 0 Å². The highest BCUT2D eigenvalue weighted by Crippen LogP contribution is 2.41. The van der Waals surface area contributed by atoms with Crippen molar-refractivity contribution in [2.45, 2.75) is 31.3 Å². The molecule has 4 nitrogen and oxygen atoms in total. The monoisotopic (exact) mass is 471 g/mol. The van der Waals surface area contributed by atoms with Crippen LogP contribution in [0.4, 0.5) is 0 Å². The summed E-state index contributed by atoms with van der Waals surface area (Å²) in [5.41, 5.74) is 5.07. The Balaban J connectivity index is 1.27. The first kappa shape index (κ1) is 22.7. The molecule has 2 heterocycles. The Kier molecular flexibility index (Phi) is 6.70. The lowest BCUT2D eigenvalue weighted by molar-refractivity contribution is 0.170. The van der Waals surface area contributed by atoms with Gasteiger partial charge >= 0.3 is 0 Å². The highest BCUT2D eigenvalue weighted by Gasteiger charge is 2.37. The number of ether oxygens (including phenoxy) is 1. The molecule has 0 bridgehead atoms. The number of piperidine rings is 1. The summed E-state index contributed by atoms with van der Waals surface area (Å²) >= 11 is 6.10. The molecule has 1 fully saturated rings. The molecule has 1 aliphatic heterocycles. The third-order valence-electron chi connectivity index (χ3n) is 7.03. The van der Waals surface area contributed by atoms with E-state index in [4.69, 9.17) is 21.4 Å². The first-order chi connectivity index (χ1) is 16.7. The fraction of sp³-hybridized carbons (Fsp3) is 0.276. The van der Waals surface area contributed by atoms with Gasteiger partial charge in [0.1, 0.15) is 5.75 Å². The Labute approximate surface area is 206 Å². The number of halogens is 1. The molecule has 0 amide bonds. The quantitative estimate of drug-likeness (QED) is 0.322. The van der Waals surface area contributed by atoms with Crippen molar-refractivity contribution in [2.75, 3.05) is 20.2 Å². The van der Waals surface area contributed by atoms with Gasteiger partial charge in [0.15, 0.2) is 0 Å². The normalized spacial score (nSPS) is 15.8. The molecule has 5 rings (SSSR count). The summed E-state index contributed by atoms with van der Waals surface area (Å²) in [6.45, 7) is 3.61. The second kappa shape index (κ2) is 10.0. The highest BCUT2D eigenvalue weighted by atomic mass is 35.5. The van der Waals surface area contributed by atoms with Crippen LogP contribution in [0, 0.1) is 0 Å². The summed E-state index contributed by atoms with van der Waals surface area (Å²) in [5.74, 6) is 0.791. The van der Waals surface area contributed by atoms with Crippen LogP contribution in [0.15, 0.2) is 91.1 Å². The maximum atomic E-state index is 6.10. The second-order valence-corrected chi connectivity index (χ2v) is 9.49. The van der Waals surface area contributed by atoms with E-state index in [0.717, 1.165) is 49.5 Å². The number of methoxy groups -OCH3 is 1. The van der Waals surface area contributed by atoms with Crippen LogP contribution in [0.3, 0.4) is 0 Å². The zero-order valence-electron chi connectivity index (χ0n) is 19.5. The molecule has 0 N–H and O–H groups in total. The standard InChI is InChI=1S/C29H30ClN3O/c1-34-28-20-26(30)13-12-23(28)21-33-17-14-27(31-33)22-32-18-15-29(16-19-32,24-8-4-2-5-9-24)25-10-6-3-7-11-25/h2-14,17,20H,15-16,18-19,21-22H2,1H3. The molecule has 3 aromatic carbocycles. The number of hydrogen-bond acceptors (Lipinski definition) is 3. The summed E-state index contributed by atoms with van der Waals surface area (Å²) in [6, 6.07) is 29.9. The van der Waals surface area contributed by atoms with E-state index in [1.165, 1.54) is 11.1 Å². The summed E-state index contributed by atoms with van der Waals surface area (Å²) in [7, 11) is 1.67. The Morgan fingerprint density at radius 1 is 0.853 bits per heavy atom. The lowest BCUT2D eigenvalue weighted by Gasteiger charge is -2.42.